The second-order valence-electron chi connectivity index (χ2n) is 7.90. The lowest BCUT2D eigenvalue weighted by Crippen LogP contribution is -2.30. The van der Waals surface area contributed by atoms with Crippen LogP contribution in [-0.4, -0.2) is 32.8 Å². The number of aliphatic hydroxyl groups excluding tert-OH is 1. The molecule has 1 saturated heterocycles. The molecule has 9 heteroatoms. The summed E-state index contributed by atoms with van der Waals surface area (Å²) in [6.45, 7) is 3.76. The molecule has 1 aliphatic heterocycles. The van der Waals surface area contributed by atoms with Crippen molar-refractivity contribution in [1.82, 2.24) is 4.98 Å². The van der Waals surface area contributed by atoms with Crippen molar-refractivity contribution in [2.24, 2.45) is 0 Å². The van der Waals surface area contributed by atoms with E-state index in [1.165, 1.54) is 24.4 Å². The summed E-state index contributed by atoms with van der Waals surface area (Å²) in [4.78, 5) is 42.3. The molecule has 0 saturated carbocycles. The first kappa shape index (κ1) is 22.7. The van der Waals surface area contributed by atoms with E-state index in [1.807, 2.05) is 13.8 Å². The zero-order valence-electron chi connectivity index (χ0n) is 18.4. The lowest BCUT2D eigenvalue weighted by atomic mass is 9.95. The standard InChI is InChI=1S/C25H21N3O6/c1-15(2)34-19-11-9-16(10-12-19)23(29)21-22(17-6-5-7-18(14-17)28(32)33)27(25(31)24(21)30)20-8-3-4-13-26-20/h3-15,22,29H,1-2H3/t22-/m0/s1. The third kappa shape index (κ3) is 4.23. The van der Waals surface area contributed by atoms with Gasteiger partial charge in [-0.2, -0.15) is 0 Å². The molecule has 4 rings (SSSR count). The average molecular weight is 459 g/mol. The fourth-order valence-corrected chi connectivity index (χ4v) is 3.81. The smallest absolute Gasteiger partial charge is 0.301 e. The molecule has 1 atom stereocenters. The summed E-state index contributed by atoms with van der Waals surface area (Å²) in [5.41, 5.74) is 0.193. The van der Waals surface area contributed by atoms with Gasteiger partial charge >= 0.3 is 5.91 Å². The van der Waals surface area contributed by atoms with Crippen molar-refractivity contribution in [2.75, 3.05) is 4.90 Å². The summed E-state index contributed by atoms with van der Waals surface area (Å²) in [7, 11) is 0. The molecular weight excluding hydrogens is 438 g/mol. The number of Topliss-reactive ketones (excluding diaryl/α,β-unsaturated/α-hetero) is 1. The monoisotopic (exact) mass is 459 g/mol. The molecule has 0 unspecified atom stereocenters. The molecule has 34 heavy (non-hydrogen) atoms. The summed E-state index contributed by atoms with van der Waals surface area (Å²) in [5, 5.41) is 22.5. The van der Waals surface area contributed by atoms with E-state index in [9.17, 15) is 24.8 Å². The Bertz CT molecular complexity index is 1290. The van der Waals surface area contributed by atoms with E-state index in [1.54, 1.807) is 48.5 Å². The lowest BCUT2D eigenvalue weighted by molar-refractivity contribution is -0.384. The number of aromatic nitrogens is 1. The van der Waals surface area contributed by atoms with Crippen molar-refractivity contribution >= 4 is 29.0 Å². The number of pyridine rings is 1. The number of nitro groups is 1. The minimum atomic E-state index is -1.11. The Hall–Kier alpha value is -4.53. The van der Waals surface area contributed by atoms with Gasteiger partial charge in [0.05, 0.1) is 22.6 Å². The second-order valence-corrected chi connectivity index (χ2v) is 7.90. The van der Waals surface area contributed by atoms with Crippen LogP contribution in [-0.2, 0) is 9.59 Å². The largest absolute Gasteiger partial charge is 0.507 e. The van der Waals surface area contributed by atoms with Crippen molar-refractivity contribution in [3.63, 3.8) is 0 Å². The molecule has 2 aromatic carbocycles. The highest BCUT2D eigenvalue weighted by molar-refractivity contribution is 6.51. The maximum absolute atomic E-state index is 13.1. The zero-order valence-corrected chi connectivity index (χ0v) is 18.4. The van der Waals surface area contributed by atoms with Crippen LogP contribution in [0.1, 0.15) is 31.0 Å². The summed E-state index contributed by atoms with van der Waals surface area (Å²) in [5.74, 6) is -1.44. The highest BCUT2D eigenvalue weighted by Crippen LogP contribution is 2.42. The number of anilines is 1. The number of non-ortho nitro benzene ring substituents is 1. The minimum Gasteiger partial charge on any atom is -0.507 e. The molecular formula is C25H21N3O6. The molecule has 3 aromatic rings. The van der Waals surface area contributed by atoms with Crippen LogP contribution >= 0.6 is 0 Å². The first-order valence-corrected chi connectivity index (χ1v) is 10.5. The number of aliphatic hydroxyl groups is 1. The number of rotatable bonds is 6. The predicted octanol–water partition coefficient (Wildman–Crippen LogP) is 4.40. The molecule has 0 spiro atoms. The molecule has 1 aromatic heterocycles. The molecule has 1 fully saturated rings. The maximum atomic E-state index is 13.1. The molecule has 9 nitrogen and oxygen atoms in total. The molecule has 1 amide bonds. The molecule has 172 valence electrons. The third-order valence-corrected chi connectivity index (χ3v) is 5.24. The van der Waals surface area contributed by atoms with E-state index in [2.05, 4.69) is 4.98 Å². The Morgan fingerprint density at radius 3 is 2.44 bits per heavy atom. The quantitative estimate of drug-likeness (QED) is 0.190. The van der Waals surface area contributed by atoms with E-state index >= 15 is 0 Å². The van der Waals surface area contributed by atoms with E-state index in [4.69, 9.17) is 4.74 Å². The number of nitrogens with zero attached hydrogens (tertiary/aromatic N) is 3. The maximum Gasteiger partial charge on any atom is 0.301 e. The van der Waals surface area contributed by atoms with Crippen LogP contribution < -0.4 is 9.64 Å². The minimum absolute atomic E-state index is 0.0444. The Morgan fingerprint density at radius 1 is 1.09 bits per heavy atom. The van der Waals surface area contributed by atoms with Crippen LogP contribution in [0.4, 0.5) is 11.5 Å². The van der Waals surface area contributed by atoms with Crippen molar-refractivity contribution in [3.8, 4) is 5.75 Å². The SMILES string of the molecule is CC(C)Oc1ccc(C(O)=C2C(=O)C(=O)N(c3ccccn3)[C@H]2c2cccc([N+](=O)[O-])c2)cc1. The van der Waals surface area contributed by atoms with Gasteiger partial charge in [-0.05, 0) is 55.8 Å². The first-order chi connectivity index (χ1) is 16.3. The molecule has 0 bridgehead atoms. The Balaban J connectivity index is 1.89. The fourth-order valence-electron chi connectivity index (χ4n) is 3.81. The van der Waals surface area contributed by atoms with Crippen LogP contribution in [0.25, 0.3) is 5.76 Å². The number of carbonyl (C=O) groups is 2. The second kappa shape index (κ2) is 9.14. The fraction of sp³-hybridized carbons (Fsp3) is 0.160. The molecule has 1 N–H and O–H groups in total. The topological polar surface area (TPSA) is 123 Å². The van der Waals surface area contributed by atoms with E-state index in [-0.39, 0.29) is 23.2 Å². The van der Waals surface area contributed by atoms with Gasteiger partial charge < -0.3 is 9.84 Å². The van der Waals surface area contributed by atoms with Gasteiger partial charge in [0.15, 0.2) is 0 Å². The van der Waals surface area contributed by atoms with Gasteiger partial charge in [-0.1, -0.05) is 18.2 Å². The van der Waals surface area contributed by atoms with Crippen molar-refractivity contribution in [2.45, 2.75) is 26.0 Å². The van der Waals surface area contributed by atoms with Gasteiger partial charge in [0.1, 0.15) is 17.3 Å². The Morgan fingerprint density at radius 2 is 1.82 bits per heavy atom. The summed E-state index contributed by atoms with van der Waals surface area (Å²) >= 11 is 0. The highest BCUT2D eigenvalue weighted by Gasteiger charge is 2.47. The molecule has 1 aliphatic rings. The number of hydrogen-bond donors (Lipinski definition) is 1. The Kier molecular flexibility index (Phi) is 6.09. The van der Waals surface area contributed by atoms with Gasteiger partial charge in [-0.25, -0.2) is 4.98 Å². The first-order valence-electron chi connectivity index (χ1n) is 10.5. The van der Waals surface area contributed by atoms with E-state index < -0.39 is 28.4 Å². The molecule has 0 aliphatic carbocycles. The van der Waals surface area contributed by atoms with Crippen molar-refractivity contribution < 1.29 is 24.4 Å². The van der Waals surface area contributed by atoms with Gasteiger partial charge in [0, 0.05) is 23.9 Å². The van der Waals surface area contributed by atoms with Crippen LogP contribution in [0.5, 0.6) is 5.75 Å². The number of benzene rings is 2. The number of ether oxygens (including phenoxy) is 1. The Labute approximate surface area is 195 Å². The van der Waals surface area contributed by atoms with Crippen LogP contribution in [0.3, 0.4) is 0 Å². The van der Waals surface area contributed by atoms with E-state index in [0.717, 1.165) is 4.90 Å². The van der Waals surface area contributed by atoms with Gasteiger partial charge in [-0.15, -0.1) is 0 Å². The third-order valence-electron chi connectivity index (χ3n) is 5.24. The van der Waals surface area contributed by atoms with Gasteiger partial charge in [0.25, 0.3) is 11.5 Å². The van der Waals surface area contributed by atoms with Gasteiger partial charge in [-0.3, -0.25) is 24.6 Å². The molecule has 2 heterocycles. The van der Waals surface area contributed by atoms with Crippen molar-refractivity contribution in [1.29, 1.82) is 0 Å². The predicted molar refractivity (Wildman–Crippen MR) is 124 cm³/mol. The van der Waals surface area contributed by atoms with Crippen LogP contribution in [0, 0.1) is 10.1 Å². The van der Waals surface area contributed by atoms with Crippen LogP contribution in [0.15, 0.2) is 78.5 Å². The normalized spacial score (nSPS) is 17.3. The summed E-state index contributed by atoms with van der Waals surface area (Å²) < 4.78 is 5.61. The summed E-state index contributed by atoms with van der Waals surface area (Å²) in [6.07, 6.45) is 1.42. The summed E-state index contributed by atoms with van der Waals surface area (Å²) in [6, 6.07) is 15.8. The zero-order chi connectivity index (χ0) is 24.4. The number of ketones is 1. The van der Waals surface area contributed by atoms with E-state index in [0.29, 0.717) is 16.9 Å². The number of hydrogen-bond acceptors (Lipinski definition) is 7. The molecule has 0 radical (unpaired) electrons. The van der Waals surface area contributed by atoms with Gasteiger partial charge in [0.2, 0.25) is 0 Å². The van der Waals surface area contributed by atoms with Crippen LogP contribution in [0.2, 0.25) is 0 Å². The number of nitro benzene ring substituents is 1. The lowest BCUT2D eigenvalue weighted by Gasteiger charge is -2.24. The average Bonchev–Trinajstić information content (AvgIpc) is 3.10. The number of carbonyl (C=O) groups excluding carboxylic acids is 2. The number of amides is 1. The van der Waals surface area contributed by atoms with Crippen molar-refractivity contribution in [3.05, 3.63) is 99.7 Å². The highest BCUT2D eigenvalue weighted by atomic mass is 16.6.